The van der Waals surface area contributed by atoms with E-state index >= 15 is 0 Å². The van der Waals surface area contributed by atoms with Crippen molar-refractivity contribution >= 4 is 5.91 Å². The minimum Gasteiger partial charge on any atom is -0.348 e. The van der Waals surface area contributed by atoms with Gasteiger partial charge in [0.1, 0.15) is 0 Å². The summed E-state index contributed by atoms with van der Waals surface area (Å²) in [7, 11) is 0. The lowest BCUT2D eigenvalue weighted by molar-refractivity contribution is -0.118. The van der Waals surface area contributed by atoms with E-state index in [2.05, 4.69) is 65.1 Å². The van der Waals surface area contributed by atoms with Crippen LogP contribution in [0.15, 0.2) is 34.9 Å². The van der Waals surface area contributed by atoms with Crippen molar-refractivity contribution in [3.05, 3.63) is 57.2 Å². The number of nitrogens with one attached hydrogen (secondary N) is 1. The molecular weight excluding hydrogens is 308 g/mol. The number of benzene rings is 1. The Labute approximate surface area is 152 Å². The summed E-state index contributed by atoms with van der Waals surface area (Å²) >= 11 is 0. The van der Waals surface area contributed by atoms with Gasteiger partial charge in [0.05, 0.1) is 0 Å². The largest absolute Gasteiger partial charge is 0.348 e. The molecule has 0 heterocycles. The van der Waals surface area contributed by atoms with Crippen LogP contribution in [0.2, 0.25) is 0 Å². The Morgan fingerprint density at radius 1 is 1.20 bits per heavy atom. The Bertz CT molecular complexity index is 703. The van der Waals surface area contributed by atoms with Crippen molar-refractivity contribution in [2.45, 2.75) is 61.1 Å². The zero-order chi connectivity index (χ0) is 18.7. The number of hydrogen-bond donors (Lipinski definition) is 2. The topological polar surface area (TPSA) is 55.1 Å². The number of amides is 1. The highest BCUT2D eigenvalue weighted by Gasteiger charge is 2.30. The normalized spacial score (nSPS) is 17.3. The Morgan fingerprint density at radius 3 is 2.28 bits per heavy atom. The summed E-state index contributed by atoms with van der Waals surface area (Å²) in [6.07, 6.45) is 3.05. The SMILES string of the molecule is CCC1C(C(=O)NCc2c(C)cc(CN)cc2C)=CC(C)=C1C(C)C. The number of allylic oxidation sites excluding steroid dienone is 3. The molecule has 3 nitrogen and oxygen atoms in total. The molecule has 1 amide bonds. The van der Waals surface area contributed by atoms with Gasteiger partial charge in [-0.15, -0.1) is 0 Å². The van der Waals surface area contributed by atoms with Gasteiger partial charge in [-0.3, -0.25) is 4.79 Å². The van der Waals surface area contributed by atoms with Crippen LogP contribution in [-0.2, 0) is 17.9 Å². The van der Waals surface area contributed by atoms with Gasteiger partial charge in [-0.2, -0.15) is 0 Å². The van der Waals surface area contributed by atoms with Gasteiger partial charge in [0.25, 0.3) is 0 Å². The van der Waals surface area contributed by atoms with Crippen LogP contribution in [0.3, 0.4) is 0 Å². The maximum Gasteiger partial charge on any atom is 0.248 e. The summed E-state index contributed by atoms with van der Waals surface area (Å²) in [5.74, 6) is 0.783. The lowest BCUT2D eigenvalue weighted by atomic mass is 9.85. The molecule has 0 saturated carbocycles. The first-order valence-electron chi connectivity index (χ1n) is 9.29. The van der Waals surface area contributed by atoms with E-state index in [-0.39, 0.29) is 11.8 Å². The number of carbonyl (C=O) groups excluding carboxylic acids is 1. The Balaban J connectivity index is 2.13. The Morgan fingerprint density at radius 2 is 1.80 bits per heavy atom. The summed E-state index contributed by atoms with van der Waals surface area (Å²) in [4.78, 5) is 12.8. The molecule has 3 N–H and O–H groups in total. The number of nitrogens with two attached hydrogens (primary N) is 1. The van der Waals surface area contributed by atoms with Crippen LogP contribution in [0, 0.1) is 25.7 Å². The van der Waals surface area contributed by atoms with Crippen LogP contribution in [0.1, 0.15) is 56.4 Å². The molecule has 1 aromatic rings. The van der Waals surface area contributed by atoms with Gasteiger partial charge < -0.3 is 11.1 Å². The molecule has 0 radical (unpaired) electrons. The molecule has 1 aliphatic rings. The second-order valence-corrected chi connectivity index (χ2v) is 7.45. The quantitative estimate of drug-likeness (QED) is 0.810. The summed E-state index contributed by atoms with van der Waals surface area (Å²) in [6.45, 7) is 14.0. The van der Waals surface area contributed by atoms with Gasteiger partial charge in [0.2, 0.25) is 5.91 Å². The molecule has 0 saturated heterocycles. The maximum absolute atomic E-state index is 12.8. The van der Waals surface area contributed by atoms with Crippen molar-refractivity contribution < 1.29 is 4.79 Å². The molecule has 3 heteroatoms. The zero-order valence-electron chi connectivity index (χ0n) is 16.5. The van der Waals surface area contributed by atoms with Gasteiger partial charge in [-0.05, 0) is 55.4 Å². The van der Waals surface area contributed by atoms with Gasteiger partial charge in [-0.25, -0.2) is 0 Å². The first-order chi connectivity index (χ1) is 11.8. The number of rotatable bonds is 6. The lowest BCUT2D eigenvalue weighted by Gasteiger charge is -2.21. The van der Waals surface area contributed by atoms with Gasteiger partial charge in [-0.1, -0.05) is 50.1 Å². The van der Waals surface area contributed by atoms with Crippen LogP contribution in [0.4, 0.5) is 0 Å². The third kappa shape index (κ3) is 4.04. The van der Waals surface area contributed by atoms with Gasteiger partial charge >= 0.3 is 0 Å². The number of carbonyl (C=O) groups is 1. The van der Waals surface area contributed by atoms with Crippen molar-refractivity contribution in [3.63, 3.8) is 0 Å². The third-order valence-electron chi connectivity index (χ3n) is 5.29. The van der Waals surface area contributed by atoms with Crippen molar-refractivity contribution in [1.82, 2.24) is 5.32 Å². The molecule has 0 fully saturated rings. The van der Waals surface area contributed by atoms with Crippen molar-refractivity contribution in [2.24, 2.45) is 17.6 Å². The molecule has 0 spiro atoms. The molecule has 1 aliphatic carbocycles. The van der Waals surface area contributed by atoms with E-state index in [0.29, 0.717) is 19.0 Å². The predicted molar refractivity (Wildman–Crippen MR) is 105 cm³/mol. The highest BCUT2D eigenvalue weighted by molar-refractivity contribution is 5.96. The Hall–Kier alpha value is -1.87. The van der Waals surface area contributed by atoms with E-state index in [0.717, 1.165) is 17.6 Å². The highest BCUT2D eigenvalue weighted by atomic mass is 16.1. The van der Waals surface area contributed by atoms with Crippen LogP contribution in [-0.4, -0.2) is 5.91 Å². The lowest BCUT2D eigenvalue weighted by Crippen LogP contribution is -2.28. The fourth-order valence-corrected chi connectivity index (χ4v) is 4.13. The summed E-state index contributed by atoms with van der Waals surface area (Å²) < 4.78 is 0. The van der Waals surface area contributed by atoms with Crippen molar-refractivity contribution in [2.75, 3.05) is 0 Å². The van der Waals surface area contributed by atoms with E-state index < -0.39 is 0 Å². The summed E-state index contributed by atoms with van der Waals surface area (Å²) in [5, 5.41) is 3.14. The van der Waals surface area contributed by atoms with Crippen molar-refractivity contribution in [3.8, 4) is 0 Å². The standard InChI is InChI=1S/C22H32N2O/c1-7-18-19(10-16(6)21(18)13(2)3)22(25)24-12-20-14(4)8-17(11-23)9-15(20)5/h8-10,13,18H,7,11-12,23H2,1-6H3,(H,24,25). The maximum atomic E-state index is 12.8. The molecule has 2 rings (SSSR count). The van der Waals surface area contributed by atoms with E-state index in [4.69, 9.17) is 5.73 Å². The molecule has 0 aromatic heterocycles. The molecule has 1 unspecified atom stereocenters. The van der Waals surface area contributed by atoms with E-state index in [9.17, 15) is 4.79 Å². The zero-order valence-corrected chi connectivity index (χ0v) is 16.5. The minimum atomic E-state index is 0.0588. The van der Waals surface area contributed by atoms with E-state index in [1.54, 1.807) is 0 Å². The fraction of sp³-hybridized carbons (Fsp3) is 0.500. The molecule has 136 valence electrons. The van der Waals surface area contributed by atoms with Gasteiger partial charge in [0, 0.05) is 24.6 Å². The smallest absolute Gasteiger partial charge is 0.248 e. The molecule has 1 atom stereocenters. The van der Waals surface area contributed by atoms with Crippen molar-refractivity contribution in [1.29, 1.82) is 0 Å². The highest BCUT2D eigenvalue weighted by Crippen LogP contribution is 2.38. The average molecular weight is 341 g/mol. The predicted octanol–water partition coefficient (Wildman–Crippen LogP) is 4.32. The molecule has 1 aromatic carbocycles. The second kappa shape index (κ2) is 8.01. The monoisotopic (exact) mass is 340 g/mol. The van der Waals surface area contributed by atoms with E-state index in [1.807, 2.05) is 0 Å². The first-order valence-corrected chi connectivity index (χ1v) is 9.29. The summed E-state index contributed by atoms with van der Waals surface area (Å²) in [6, 6.07) is 4.22. The van der Waals surface area contributed by atoms with Gasteiger partial charge in [0.15, 0.2) is 0 Å². The molecule has 0 aliphatic heterocycles. The molecular formula is C22H32N2O. The van der Waals surface area contributed by atoms with Crippen LogP contribution in [0.25, 0.3) is 0 Å². The third-order valence-corrected chi connectivity index (χ3v) is 5.29. The second-order valence-electron chi connectivity index (χ2n) is 7.45. The molecule has 0 bridgehead atoms. The van der Waals surface area contributed by atoms with Crippen LogP contribution < -0.4 is 11.1 Å². The average Bonchev–Trinajstić information content (AvgIpc) is 2.90. The summed E-state index contributed by atoms with van der Waals surface area (Å²) in [5.41, 5.74) is 14.0. The minimum absolute atomic E-state index is 0.0588. The molecule has 25 heavy (non-hydrogen) atoms. The fourth-order valence-electron chi connectivity index (χ4n) is 4.13. The van der Waals surface area contributed by atoms with Crippen LogP contribution in [0.5, 0.6) is 0 Å². The van der Waals surface area contributed by atoms with Crippen LogP contribution >= 0.6 is 0 Å². The number of aryl methyl sites for hydroxylation is 2. The first kappa shape index (κ1) is 19.5. The van der Waals surface area contributed by atoms with E-state index in [1.165, 1.54) is 27.8 Å². The Kier molecular flexibility index (Phi) is 6.23. The number of hydrogen-bond acceptors (Lipinski definition) is 2.